The van der Waals surface area contributed by atoms with Crippen LogP contribution in [0.4, 0.5) is 0 Å². The Bertz CT molecular complexity index is 1200. The first-order valence-electron chi connectivity index (χ1n) is 11.3. The molecule has 10 heteroatoms. The van der Waals surface area contributed by atoms with Gasteiger partial charge in [0.1, 0.15) is 11.5 Å². The summed E-state index contributed by atoms with van der Waals surface area (Å²) in [6.07, 6.45) is 0. The zero-order chi connectivity index (χ0) is 25.7. The van der Waals surface area contributed by atoms with Gasteiger partial charge in [0.15, 0.2) is 5.82 Å². The number of aromatic hydroxyl groups is 2. The van der Waals surface area contributed by atoms with Crippen LogP contribution in [0.25, 0.3) is 17.1 Å². The number of aromatic nitrogens is 3. The number of carbonyl (C=O) groups excluding carboxylic acids is 2. The topological polar surface area (TPSA) is 130 Å². The highest BCUT2D eigenvalue weighted by atomic mass is 16.5. The first-order chi connectivity index (χ1) is 16.7. The fourth-order valence-electron chi connectivity index (χ4n) is 3.63. The summed E-state index contributed by atoms with van der Waals surface area (Å²) in [5, 5.41) is 31.9. The van der Waals surface area contributed by atoms with Gasteiger partial charge in [-0.3, -0.25) is 14.2 Å². The Hall–Kier alpha value is -3.92. The number of amides is 2. The van der Waals surface area contributed by atoms with Crippen molar-refractivity contribution in [2.45, 2.75) is 26.7 Å². The van der Waals surface area contributed by atoms with Crippen LogP contribution in [0.3, 0.4) is 0 Å². The van der Waals surface area contributed by atoms with Crippen molar-refractivity contribution >= 4 is 11.8 Å². The summed E-state index contributed by atoms with van der Waals surface area (Å²) in [5.74, 6) is -0.605. The van der Waals surface area contributed by atoms with E-state index in [2.05, 4.69) is 15.5 Å². The van der Waals surface area contributed by atoms with Gasteiger partial charge in [0.2, 0.25) is 5.82 Å². The van der Waals surface area contributed by atoms with Crippen molar-refractivity contribution in [3.05, 3.63) is 53.3 Å². The molecule has 0 aliphatic heterocycles. The maximum Gasteiger partial charge on any atom is 0.289 e. The van der Waals surface area contributed by atoms with Gasteiger partial charge in [-0.1, -0.05) is 13.8 Å². The Labute approximate surface area is 204 Å². The maximum atomic E-state index is 12.8. The molecule has 0 saturated carbocycles. The predicted octanol–water partition coefficient (Wildman–Crippen LogP) is 2.94. The second-order valence-electron chi connectivity index (χ2n) is 8.39. The predicted molar refractivity (Wildman–Crippen MR) is 131 cm³/mol. The van der Waals surface area contributed by atoms with Gasteiger partial charge in [-0.25, -0.2) is 0 Å². The van der Waals surface area contributed by atoms with Crippen molar-refractivity contribution in [1.29, 1.82) is 0 Å². The third-order valence-corrected chi connectivity index (χ3v) is 5.56. The third kappa shape index (κ3) is 5.43. The average molecular weight is 482 g/mol. The van der Waals surface area contributed by atoms with Crippen molar-refractivity contribution in [1.82, 2.24) is 25.0 Å². The highest BCUT2D eigenvalue weighted by Crippen LogP contribution is 2.38. The number of ether oxygens (including phenoxy) is 1. The van der Waals surface area contributed by atoms with Gasteiger partial charge in [0.05, 0.1) is 12.2 Å². The van der Waals surface area contributed by atoms with Crippen LogP contribution in [0.15, 0.2) is 36.4 Å². The smallest absolute Gasteiger partial charge is 0.289 e. The molecule has 1 heterocycles. The zero-order valence-corrected chi connectivity index (χ0v) is 20.6. The summed E-state index contributed by atoms with van der Waals surface area (Å²) >= 11 is 0. The molecular weight excluding hydrogens is 450 g/mol. The van der Waals surface area contributed by atoms with Crippen LogP contribution < -0.4 is 5.32 Å². The number of hydrogen-bond acceptors (Lipinski definition) is 7. The molecule has 35 heavy (non-hydrogen) atoms. The van der Waals surface area contributed by atoms with Crippen molar-refractivity contribution in [3.8, 4) is 28.6 Å². The Morgan fingerprint density at radius 1 is 1.11 bits per heavy atom. The van der Waals surface area contributed by atoms with Gasteiger partial charge < -0.3 is 25.2 Å². The number of phenolic OH excluding ortho intramolecular Hbond substituents is 2. The van der Waals surface area contributed by atoms with Gasteiger partial charge in [-0.15, -0.1) is 10.2 Å². The Balaban J connectivity index is 2.11. The maximum absolute atomic E-state index is 12.8. The van der Waals surface area contributed by atoms with Crippen LogP contribution in [0, 0.1) is 0 Å². The average Bonchev–Trinajstić information content (AvgIpc) is 3.27. The molecule has 1 aromatic heterocycles. The first kappa shape index (κ1) is 25.7. The van der Waals surface area contributed by atoms with E-state index in [0.29, 0.717) is 42.1 Å². The van der Waals surface area contributed by atoms with Gasteiger partial charge in [0.25, 0.3) is 11.8 Å². The molecule has 0 radical (unpaired) electrons. The Kier molecular flexibility index (Phi) is 8.08. The second-order valence-corrected chi connectivity index (χ2v) is 8.39. The molecule has 0 unspecified atom stereocenters. The number of nitrogens with one attached hydrogen (secondary N) is 1. The summed E-state index contributed by atoms with van der Waals surface area (Å²) in [5.41, 5.74) is 1.93. The van der Waals surface area contributed by atoms with Crippen LogP contribution >= 0.6 is 0 Å². The van der Waals surface area contributed by atoms with E-state index in [4.69, 9.17) is 4.74 Å². The van der Waals surface area contributed by atoms with E-state index in [1.54, 1.807) is 56.3 Å². The van der Waals surface area contributed by atoms with E-state index in [9.17, 15) is 19.8 Å². The monoisotopic (exact) mass is 481 g/mol. The van der Waals surface area contributed by atoms with Gasteiger partial charge in [-0.2, -0.15) is 0 Å². The highest BCUT2D eigenvalue weighted by molar-refractivity contribution is 5.95. The minimum Gasteiger partial charge on any atom is -0.508 e. The molecule has 0 atom stereocenters. The fourth-order valence-corrected chi connectivity index (χ4v) is 3.63. The number of likely N-dealkylation sites (N-methyl/N-ethyl adjacent to an activating group) is 1. The van der Waals surface area contributed by atoms with E-state index < -0.39 is 5.91 Å². The molecule has 10 nitrogen and oxygen atoms in total. The van der Waals surface area contributed by atoms with Crippen LogP contribution in [0.2, 0.25) is 0 Å². The summed E-state index contributed by atoms with van der Waals surface area (Å²) in [7, 11) is 3.27. The minimum atomic E-state index is -0.437. The highest BCUT2D eigenvalue weighted by Gasteiger charge is 2.24. The lowest BCUT2D eigenvalue weighted by Gasteiger charge is -2.17. The van der Waals surface area contributed by atoms with E-state index in [1.807, 2.05) is 13.8 Å². The van der Waals surface area contributed by atoms with Crippen molar-refractivity contribution in [2.75, 3.05) is 33.9 Å². The molecule has 3 rings (SSSR count). The molecule has 3 aromatic rings. The van der Waals surface area contributed by atoms with E-state index >= 15 is 0 Å². The van der Waals surface area contributed by atoms with E-state index in [0.717, 1.165) is 0 Å². The Morgan fingerprint density at radius 3 is 2.40 bits per heavy atom. The number of rotatable bonds is 9. The molecular formula is C25H31N5O5. The molecule has 0 fully saturated rings. The summed E-state index contributed by atoms with van der Waals surface area (Å²) in [6.45, 7) is 6.90. The van der Waals surface area contributed by atoms with E-state index in [1.165, 1.54) is 10.6 Å². The molecule has 0 saturated heterocycles. The molecule has 3 N–H and O–H groups in total. The lowest BCUT2D eigenvalue weighted by molar-refractivity contribution is 0.0744. The normalized spacial score (nSPS) is 11.0. The Morgan fingerprint density at radius 2 is 1.80 bits per heavy atom. The second kappa shape index (κ2) is 11.0. The SMILES string of the molecule is CCNC(=O)c1nnc(-c2cc(C(C)C)c(O)cc2O)n1-c1ccc(C(=O)N(C)CCOC)cc1. The van der Waals surface area contributed by atoms with Gasteiger partial charge in [0, 0.05) is 44.6 Å². The van der Waals surface area contributed by atoms with Crippen LogP contribution in [0.1, 0.15) is 53.2 Å². The largest absolute Gasteiger partial charge is 0.508 e. The molecule has 0 aliphatic carbocycles. The molecule has 0 aliphatic rings. The fraction of sp³-hybridized carbons (Fsp3) is 0.360. The van der Waals surface area contributed by atoms with Gasteiger partial charge in [-0.05, 0) is 48.7 Å². The molecule has 0 bridgehead atoms. The third-order valence-electron chi connectivity index (χ3n) is 5.56. The van der Waals surface area contributed by atoms with Gasteiger partial charge >= 0.3 is 0 Å². The molecule has 2 amide bonds. The van der Waals surface area contributed by atoms with Crippen LogP contribution in [0.5, 0.6) is 11.5 Å². The number of hydrogen-bond donors (Lipinski definition) is 3. The van der Waals surface area contributed by atoms with Crippen LogP contribution in [-0.2, 0) is 4.74 Å². The zero-order valence-electron chi connectivity index (χ0n) is 20.6. The number of methoxy groups -OCH3 is 1. The minimum absolute atomic E-state index is 0.0195. The van der Waals surface area contributed by atoms with E-state index in [-0.39, 0.29) is 35.0 Å². The summed E-state index contributed by atoms with van der Waals surface area (Å²) < 4.78 is 6.55. The number of benzene rings is 2. The summed E-state index contributed by atoms with van der Waals surface area (Å²) in [4.78, 5) is 27.0. The lowest BCUT2D eigenvalue weighted by Crippen LogP contribution is -2.30. The quantitative estimate of drug-likeness (QED) is 0.428. The number of nitrogens with zero attached hydrogens (tertiary/aromatic N) is 4. The molecule has 0 spiro atoms. The van der Waals surface area contributed by atoms with Crippen LogP contribution in [-0.4, -0.2) is 75.5 Å². The van der Waals surface area contributed by atoms with Crippen molar-refractivity contribution < 1.29 is 24.5 Å². The first-order valence-corrected chi connectivity index (χ1v) is 11.3. The van der Waals surface area contributed by atoms with Crippen molar-refractivity contribution in [2.24, 2.45) is 0 Å². The number of phenols is 2. The molecule has 186 valence electrons. The summed E-state index contributed by atoms with van der Waals surface area (Å²) in [6, 6.07) is 9.58. The lowest BCUT2D eigenvalue weighted by atomic mass is 9.98. The molecule has 2 aromatic carbocycles. The van der Waals surface area contributed by atoms with Crippen molar-refractivity contribution in [3.63, 3.8) is 0 Å². The number of carbonyl (C=O) groups is 2. The standard InChI is InChI=1S/C25H31N5O5/c1-6-26-24(33)23-28-27-22(19-13-18(15(2)3)20(31)14-21(19)32)30(23)17-9-7-16(8-10-17)25(34)29(4)11-12-35-5/h7-10,13-15,31-32H,6,11-12H2,1-5H3,(H,26,33).